The van der Waals surface area contributed by atoms with Crippen LogP contribution in [0.5, 0.6) is 0 Å². The van der Waals surface area contributed by atoms with Crippen LogP contribution >= 0.6 is 0 Å². The fourth-order valence-electron chi connectivity index (χ4n) is 4.28. The van der Waals surface area contributed by atoms with Crippen molar-refractivity contribution < 1.29 is 17.9 Å². The van der Waals surface area contributed by atoms with Crippen LogP contribution in [0.1, 0.15) is 24.8 Å². The Morgan fingerprint density at radius 1 is 1.17 bits per heavy atom. The van der Waals surface area contributed by atoms with E-state index in [0.29, 0.717) is 32.2 Å². The molecule has 2 N–H and O–H groups in total. The van der Waals surface area contributed by atoms with Gasteiger partial charge in [-0.3, -0.25) is 4.90 Å². The highest BCUT2D eigenvalue weighted by atomic mass is 32.2. The van der Waals surface area contributed by atoms with Gasteiger partial charge in [0.25, 0.3) is 0 Å². The summed E-state index contributed by atoms with van der Waals surface area (Å²) in [5, 5.41) is 10.6. The van der Waals surface area contributed by atoms with E-state index in [1.165, 1.54) is 0 Å². The minimum Gasteiger partial charge on any atom is -0.375 e. The third-order valence-electron chi connectivity index (χ3n) is 5.94. The molecule has 0 amide bonds. The quantitative estimate of drug-likeness (QED) is 0.726. The fourth-order valence-corrected chi connectivity index (χ4v) is 5.10. The number of nitrogens with one attached hydrogen (secondary N) is 1. The Labute approximate surface area is 171 Å². The monoisotopic (exact) mass is 418 g/mol. The zero-order chi connectivity index (χ0) is 20.6. The van der Waals surface area contributed by atoms with Crippen molar-refractivity contribution in [2.24, 2.45) is 0 Å². The fraction of sp³-hybridized carbons (Fsp3) is 0.455. The van der Waals surface area contributed by atoms with E-state index < -0.39 is 21.9 Å². The van der Waals surface area contributed by atoms with Crippen LogP contribution < -0.4 is 4.72 Å². The number of hydrogen-bond acceptors (Lipinski definition) is 4. The van der Waals surface area contributed by atoms with Gasteiger partial charge in [-0.15, -0.1) is 0 Å². The van der Waals surface area contributed by atoms with Gasteiger partial charge in [0.05, 0.1) is 6.26 Å². The summed E-state index contributed by atoms with van der Waals surface area (Å²) in [6, 6.07) is 17.4. The second kappa shape index (κ2) is 7.80. The number of alkyl halides is 1. The molecule has 4 rings (SSSR count). The molecule has 0 radical (unpaired) electrons. The molecule has 2 aliphatic rings. The smallest absolute Gasteiger partial charge is 0.209 e. The second-order valence-corrected chi connectivity index (χ2v) is 10.0. The second-order valence-electron chi connectivity index (χ2n) is 8.27. The number of likely N-dealkylation sites (tertiary alicyclic amines) is 1. The number of halogens is 1. The number of sulfonamides is 1. The summed E-state index contributed by atoms with van der Waals surface area (Å²) in [7, 11) is -3.40. The average Bonchev–Trinajstić information content (AvgIpc) is 3.34. The maximum absolute atomic E-state index is 14.6. The molecule has 7 heteroatoms. The summed E-state index contributed by atoms with van der Waals surface area (Å²) in [6.07, 6.45) is 1.72. The number of hydrogen-bond donors (Lipinski definition) is 2. The maximum Gasteiger partial charge on any atom is 0.209 e. The number of aliphatic hydroxyl groups excluding tert-OH is 1. The predicted octanol–water partition coefficient (Wildman–Crippen LogP) is 2.71. The Kier molecular flexibility index (Phi) is 5.50. The Bertz CT molecular complexity index is 963. The van der Waals surface area contributed by atoms with Gasteiger partial charge < -0.3 is 5.11 Å². The van der Waals surface area contributed by atoms with Crippen LogP contribution in [0.3, 0.4) is 0 Å². The van der Waals surface area contributed by atoms with Crippen molar-refractivity contribution in [2.75, 3.05) is 12.8 Å². The molecule has 0 aromatic heterocycles. The lowest BCUT2D eigenvalue weighted by molar-refractivity contribution is -0.0715. The van der Waals surface area contributed by atoms with Gasteiger partial charge in [0, 0.05) is 18.6 Å². The topological polar surface area (TPSA) is 69.6 Å². The number of benzene rings is 2. The van der Waals surface area contributed by atoms with Gasteiger partial charge in [-0.2, -0.15) is 0 Å². The summed E-state index contributed by atoms with van der Waals surface area (Å²) in [5.41, 5.74) is 1.64. The third kappa shape index (κ3) is 4.69. The summed E-state index contributed by atoms with van der Waals surface area (Å²) in [4.78, 5) is 1.74. The largest absolute Gasteiger partial charge is 0.375 e. The highest BCUT2D eigenvalue weighted by Crippen LogP contribution is 2.45. The SMILES string of the molecule is CS(=O)(=O)NC1CCN(C(O)C2(F)CC2)C1Cc1cccc(-c2ccccc2)c1. The van der Waals surface area contributed by atoms with Gasteiger partial charge in [0.2, 0.25) is 10.0 Å². The first-order valence-corrected chi connectivity index (χ1v) is 11.9. The van der Waals surface area contributed by atoms with Gasteiger partial charge >= 0.3 is 0 Å². The predicted molar refractivity (Wildman–Crippen MR) is 112 cm³/mol. The van der Waals surface area contributed by atoms with Crippen molar-refractivity contribution in [3.05, 3.63) is 60.2 Å². The summed E-state index contributed by atoms with van der Waals surface area (Å²) in [6.45, 7) is 0.461. The molecule has 156 valence electrons. The van der Waals surface area contributed by atoms with E-state index in [1.807, 2.05) is 48.5 Å². The molecule has 1 saturated carbocycles. The molecule has 1 saturated heterocycles. The first-order valence-electron chi connectivity index (χ1n) is 10.00. The van der Waals surface area contributed by atoms with Crippen molar-refractivity contribution in [2.45, 2.75) is 49.7 Å². The molecule has 1 aliphatic carbocycles. The van der Waals surface area contributed by atoms with E-state index >= 15 is 0 Å². The molecular weight excluding hydrogens is 391 g/mol. The molecule has 2 aromatic rings. The minimum atomic E-state index is -3.40. The van der Waals surface area contributed by atoms with Crippen LogP contribution in [0.4, 0.5) is 4.39 Å². The lowest BCUT2D eigenvalue weighted by Gasteiger charge is -2.34. The number of nitrogens with zero attached hydrogens (tertiary/aromatic N) is 1. The molecular formula is C22H27FN2O3S. The Balaban J connectivity index is 1.60. The van der Waals surface area contributed by atoms with E-state index in [1.54, 1.807) is 4.90 Å². The highest BCUT2D eigenvalue weighted by Gasteiger charge is 2.55. The zero-order valence-electron chi connectivity index (χ0n) is 16.5. The standard InChI is InChI=1S/C22H27FN2O3S/c1-29(27,28)24-19-10-13-25(21(26)22(23)11-12-22)20(19)15-16-6-5-9-18(14-16)17-7-3-2-4-8-17/h2-9,14,19-21,24,26H,10-13,15H2,1H3. The van der Waals surface area contributed by atoms with Crippen molar-refractivity contribution in [1.29, 1.82) is 0 Å². The van der Waals surface area contributed by atoms with Gasteiger partial charge in [-0.25, -0.2) is 17.5 Å². The van der Waals surface area contributed by atoms with Crippen LogP contribution in [-0.4, -0.2) is 55.2 Å². The van der Waals surface area contributed by atoms with E-state index in [0.717, 1.165) is 22.9 Å². The minimum absolute atomic E-state index is 0.307. The highest BCUT2D eigenvalue weighted by molar-refractivity contribution is 7.88. The summed E-state index contributed by atoms with van der Waals surface area (Å²) < 4.78 is 41.0. The van der Waals surface area contributed by atoms with Crippen molar-refractivity contribution >= 4 is 10.0 Å². The summed E-state index contributed by atoms with van der Waals surface area (Å²) in [5.74, 6) is 0. The molecule has 1 heterocycles. The molecule has 0 bridgehead atoms. The lowest BCUT2D eigenvalue weighted by atomic mass is 9.96. The van der Waals surface area contributed by atoms with Crippen molar-refractivity contribution in [3.8, 4) is 11.1 Å². The van der Waals surface area contributed by atoms with Crippen molar-refractivity contribution in [1.82, 2.24) is 9.62 Å². The van der Waals surface area contributed by atoms with Crippen molar-refractivity contribution in [3.63, 3.8) is 0 Å². The Morgan fingerprint density at radius 2 is 1.86 bits per heavy atom. The molecule has 29 heavy (non-hydrogen) atoms. The average molecular weight is 419 g/mol. The van der Waals surface area contributed by atoms with E-state index in [4.69, 9.17) is 0 Å². The first kappa shape index (κ1) is 20.5. The number of rotatable bonds is 7. The van der Waals surface area contributed by atoms with Gasteiger partial charge in [-0.05, 0) is 42.4 Å². The zero-order valence-corrected chi connectivity index (χ0v) is 17.3. The normalized spacial score (nSPS) is 25.1. The van der Waals surface area contributed by atoms with E-state index in [2.05, 4.69) is 10.8 Å². The van der Waals surface area contributed by atoms with Gasteiger partial charge in [0.15, 0.2) is 5.67 Å². The lowest BCUT2D eigenvalue weighted by Crippen LogP contribution is -2.52. The van der Waals surface area contributed by atoms with Crippen LogP contribution in [0.25, 0.3) is 11.1 Å². The molecule has 2 aromatic carbocycles. The van der Waals surface area contributed by atoms with E-state index in [-0.39, 0.29) is 12.1 Å². The maximum atomic E-state index is 14.6. The molecule has 5 nitrogen and oxygen atoms in total. The van der Waals surface area contributed by atoms with Crippen LogP contribution in [0.15, 0.2) is 54.6 Å². The third-order valence-corrected chi connectivity index (χ3v) is 6.67. The molecule has 2 fully saturated rings. The number of aliphatic hydroxyl groups is 1. The Hall–Kier alpha value is -1.80. The van der Waals surface area contributed by atoms with Crippen LogP contribution in [0.2, 0.25) is 0 Å². The van der Waals surface area contributed by atoms with Crippen LogP contribution in [0, 0.1) is 0 Å². The first-order chi connectivity index (χ1) is 13.8. The molecule has 3 unspecified atom stereocenters. The van der Waals surface area contributed by atoms with Gasteiger partial charge in [-0.1, -0.05) is 54.6 Å². The van der Waals surface area contributed by atoms with Gasteiger partial charge in [0.1, 0.15) is 6.23 Å². The molecule has 3 atom stereocenters. The summed E-state index contributed by atoms with van der Waals surface area (Å²) >= 11 is 0. The van der Waals surface area contributed by atoms with E-state index in [9.17, 15) is 17.9 Å². The Morgan fingerprint density at radius 3 is 2.52 bits per heavy atom. The van der Waals surface area contributed by atoms with Crippen LogP contribution in [-0.2, 0) is 16.4 Å². The molecule has 0 spiro atoms. The molecule has 1 aliphatic heterocycles.